The van der Waals surface area contributed by atoms with E-state index in [4.69, 9.17) is 13.9 Å². The molecule has 0 saturated heterocycles. The van der Waals surface area contributed by atoms with Crippen LogP contribution in [0.2, 0.25) is 0 Å². The van der Waals surface area contributed by atoms with Gasteiger partial charge in [-0.25, -0.2) is 4.79 Å². The van der Waals surface area contributed by atoms with Crippen LogP contribution in [0.1, 0.15) is 34.8 Å². The van der Waals surface area contributed by atoms with Crippen LogP contribution in [0.25, 0.3) is 11.3 Å². The number of furan rings is 1. The fourth-order valence-corrected chi connectivity index (χ4v) is 2.73. The Morgan fingerprint density at radius 1 is 0.967 bits per heavy atom. The smallest absolute Gasteiger partial charge is 0.375 e. The minimum absolute atomic E-state index is 0.0300. The van der Waals surface area contributed by atoms with Crippen LogP contribution in [-0.2, 0) is 9.53 Å². The highest BCUT2D eigenvalue weighted by molar-refractivity contribution is 5.97. The number of amides is 1. The number of ketones is 1. The van der Waals surface area contributed by atoms with Crippen molar-refractivity contribution < 1.29 is 28.3 Å². The first-order chi connectivity index (χ1) is 14.4. The topological polar surface area (TPSA) is 94.8 Å². The van der Waals surface area contributed by atoms with Crippen molar-refractivity contribution in [3.8, 4) is 17.1 Å². The number of rotatable bonds is 7. The zero-order valence-corrected chi connectivity index (χ0v) is 16.8. The van der Waals surface area contributed by atoms with Gasteiger partial charge in [-0.3, -0.25) is 9.59 Å². The summed E-state index contributed by atoms with van der Waals surface area (Å²) in [5.74, 6) is -0.383. The fraction of sp³-hybridized carbons (Fsp3) is 0.174. The van der Waals surface area contributed by atoms with Gasteiger partial charge in [0.1, 0.15) is 11.5 Å². The molecule has 3 rings (SSSR count). The van der Waals surface area contributed by atoms with Crippen LogP contribution in [0.4, 0.5) is 5.69 Å². The van der Waals surface area contributed by atoms with Gasteiger partial charge in [0.15, 0.2) is 11.9 Å². The monoisotopic (exact) mass is 407 g/mol. The van der Waals surface area contributed by atoms with E-state index in [0.717, 1.165) is 0 Å². The van der Waals surface area contributed by atoms with Gasteiger partial charge in [-0.15, -0.1) is 0 Å². The van der Waals surface area contributed by atoms with E-state index < -0.39 is 18.0 Å². The molecule has 0 unspecified atom stereocenters. The van der Waals surface area contributed by atoms with Crippen LogP contribution in [-0.4, -0.2) is 30.9 Å². The number of nitrogens with one attached hydrogen (secondary N) is 1. The lowest BCUT2D eigenvalue weighted by Crippen LogP contribution is -2.30. The predicted octanol–water partition coefficient (Wildman–Crippen LogP) is 4.34. The number of esters is 1. The Balaban J connectivity index is 1.64. The van der Waals surface area contributed by atoms with Gasteiger partial charge in [-0.05, 0) is 38.1 Å². The van der Waals surface area contributed by atoms with Gasteiger partial charge in [0.05, 0.1) is 12.8 Å². The lowest BCUT2D eigenvalue weighted by Gasteiger charge is -2.14. The van der Waals surface area contributed by atoms with E-state index in [9.17, 15) is 14.4 Å². The highest BCUT2D eigenvalue weighted by atomic mass is 16.6. The quantitative estimate of drug-likeness (QED) is 0.462. The zero-order valence-electron chi connectivity index (χ0n) is 16.8. The van der Waals surface area contributed by atoms with Crippen LogP contribution < -0.4 is 10.1 Å². The molecule has 0 bridgehead atoms. The number of ether oxygens (including phenoxy) is 2. The van der Waals surface area contributed by atoms with Gasteiger partial charge in [0.2, 0.25) is 5.76 Å². The van der Waals surface area contributed by atoms with Gasteiger partial charge in [-0.1, -0.05) is 36.4 Å². The number of anilines is 1. The maximum Gasteiger partial charge on any atom is 0.375 e. The number of benzene rings is 2. The number of carbonyl (C=O) groups is 3. The molecular formula is C23H21NO6. The van der Waals surface area contributed by atoms with Gasteiger partial charge in [0, 0.05) is 11.1 Å². The summed E-state index contributed by atoms with van der Waals surface area (Å²) in [4.78, 5) is 36.1. The minimum atomic E-state index is -1.05. The van der Waals surface area contributed by atoms with E-state index in [1.807, 2.05) is 0 Å². The number of Topliss-reactive ketones (excluding diaryl/α,β-unsaturated/α-hetero) is 1. The van der Waals surface area contributed by atoms with Gasteiger partial charge >= 0.3 is 5.97 Å². The number of hydrogen-bond acceptors (Lipinski definition) is 6. The van der Waals surface area contributed by atoms with Crippen LogP contribution in [0.15, 0.2) is 65.1 Å². The third kappa shape index (κ3) is 4.75. The normalized spacial score (nSPS) is 11.4. The van der Waals surface area contributed by atoms with E-state index >= 15 is 0 Å². The highest BCUT2D eigenvalue weighted by Crippen LogP contribution is 2.25. The molecule has 3 aromatic rings. The lowest BCUT2D eigenvalue weighted by atomic mass is 10.1. The number of carbonyl (C=O) groups excluding carboxylic acids is 3. The second-order valence-corrected chi connectivity index (χ2v) is 6.53. The summed E-state index contributed by atoms with van der Waals surface area (Å²) in [6.45, 7) is 2.95. The molecule has 1 amide bonds. The van der Waals surface area contributed by atoms with Crippen molar-refractivity contribution in [1.82, 2.24) is 0 Å². The molecule has 1 aromatic heterocycles. The van der Waals surface area contributed by atoms with E-state index in [-0.39, 0.29) is 11.5 Å². The Kier molecular flexibility index (Phi) is 6.32. The second-order valence-electron chi connectivity index (χ2n) is 6.53. The van der Waals surface area contributed by atoms with Crippen molar-refractivity contribution in [2.24, 2.45) is 0 Å². The summed E-state index contributed by atoms with van der Waals surface area (Å²) < 4.78 is 16.0. The maximum absolute atomic E-state index is 12.4. The summed E-state index contributed by atoms with van der Waals surface area (Å²) in [5.41, 5.74) is 1.77. The number of methoxy groups -OCH3 is 1. The largest absolute Gasteiger partial charge is 0.495 e. The predicted molar refractivity (Wildman–Crippen MR) is 111 cm³/mol. The molecule has 0 fully saturated rings. The van der Waals surface area contributed by atoms with Crippen molar-refractivity contribution in [2.75, 3.05) is 12.4 Å². The summed E-state index contributed by atoms with van der Waals surface area (Å²) in [6.07, 6.45) is -1.05. The molecule has 0 aliphatic heterocycles. The van der Waals surface area contributed by atoms with Gasteiger partial charge < -0.3 is 19.2 Å². The molecule has 2 aromatic carbocycles. The molecule has 7 heteroatoms. The average molecular weight is 407 g/mol. The average Bonchev–Trinajstić information content (AvgIpc) is 3.24. The van der Waals surface area contributed by atoms with Gasteiger partial charge in [0.25, 0.3) is 5.91 Å². The molecule has 1 atom stereocenters. The van der Waals surface area contributed by atoms with Crippen LogP contribution in [0.3, 0.4) is 0 Å². The molecule has 0 saturated carbocycles. The van der Waals surface area contributed by atoms with Crippen molar-refractivity contribution >= 4 is 23.3 Å². The van der Waals surface area contributed by atoms with Crippen LogP contribution >= 0.6 is 0 Å². The van der Waals surface area contributed by atoms with Crippen molar-refractivity contribution in [3.63, 3.8) is 0 Å². The van der Waals surface area contributed by atoms with Crippen molar-refractivity contribution in [3.05, 3.63) is 72.0 Å². The van der Waals surface area contributed by atoms with Gasteiger partial charge in [-0.2, -0.15) is 0 Å². The minimum Gasteiger partial charge on any atom is -0.495 e. The van der Waals surface area contributed by atoms with Crippen LogP contribution in [0, 0.1) is 0 Å². The van der Waals surface area contributed by atoms with Crippen LogP contribution in [0.5, 0.6) is 5.75 Å². The van der Waals surface area contributed by atoms with E-state index in [1.54, 1.807) is 54.6 Å². The first kappa shape index (κ1) is 20.9. The van der Waals surface area contributed by atoms with E-state index in [0.29, 0.717) is 28.3 Å². The summed E-state index contributed by atoms with van der Waals surface area (Å²) in [5, 5.41) is 2.66. The summed E-state index contributed by atoms with van der Waals surface area (Å²) in [6, 6.07) is 16.8. The third-order valence-corrected chi connectivity index (χ3v) is 4.40. The lowest BCUT2D eigenvalue weighted by molar-refractivity contribution is -0.123. The fourth-order valence-electron chi connectivity index (χ4n) is 2.73. The molecule has 1 N–H and O–H groups in total. The number of hydrogen-bond donors (Lipinski definition) is 1. The third-order valence-electron chi connectivity index (χ3n) is 4.40. The Hall–Kier alpha value is -3.87. The molecule has 154 valence electrons. The number of para-hydroxylation sites is 2. The van der Waals surface area contributed by atoms with E-state index in [2.05, 4.69) is 5.32 Å². The first-order valence-corrected chi connectivity index (χ1v) is 9.25. The zero-order chi connectivity index (χ0) is 21.7. The maximum atomic E-state index is 12.4. The van der Waals surface area contributed by atoms with E-state index in [1.165, 1.54) is 27.0 Å². The molecule has 30 heavy (non-hydrogen) atoms. The Morgan fingerprint density at radius 2 is 1.67 bits per heavy atom. The SMILES string of the molecule is COc1ccccc1NC(=O)[C@H](C)OC(=O)c1ccc(-c2ccc(C(C)=O)cc2)o1. The Morgan fingerprint density at radius 3 is 2.33 bits per heavy atom. The second kappa shape index (κ2) is 9.09. The molecule has 0 spiro atoms. The highest BCUT2D eigenvalue weighted by Gasteiger charge is 2.22. The molecular weight excluding hydrogens is 386 g/mol. The summed E-state index contributed by atoms with van der Waals surface area (Å²) in [7, 11) is 1.50. The molecule has 0 aliphatic carbocycles. The standard InChI is InChI=1S/C23H21NO6/c1-14(25)16-8-10-17(11-9-16)19-12-13-21(30-19)23(27)29-15(2)22(26)24-18-6-4-5-7-20(18)28-3/h4-13,15H,1-3H3,(H,24,26)/t15-/m0/s1. The molecule has 0 aliphatic rings. The Bertz CT molecular complexity index is 1070. The van der Waals surface area contributed by atoms with Crippen molar-refractivity contribution in [1.29, 1.82) is 0 Å². The molecule has 7 nitrogen and oxygen atoms in total. The summed E-state index contributed by atoms with van der Waals surface area (Å²) >= 11 is 0. The molecule has 0 radical (unpaired) electrons. The Labute approximate surface area is 173 Å². The molecule has 1 heterocycles. The van der Waals surface area contributed by atoms with Crippen molar-refractivity contribution in [2.45, 2.75) is 20.0 Å². The first-order valence-electron chi connectivity index (χ1n) is 9.25.